The van der Waals surface area contributed by atoms with Gasteiger partial charge in [-0.1, -0.05) is 13.3 Å². The molecule has 1 nitrogen and oxygen atoms in total. The van der Waals surface area contributed by atoms with Crippen LogP contribution < -0.4 is 0 Å². The highest BCUT2D eigenvalue weighted by Gasteiger charge is 2.45. The first-order chi connectivity index (χ1) is 7.53. The highest BCUT2D eigenvalue weighted by molar-refractivity contribution is 4.87. The molecule has 0 aliphatic heterocycles. The second kappa shape index (κ2) is 4.59. The van der Waals surface area contributed by atoms with Crippen molar-refractivity contribution in [3.63, 3.8) is 0 Å². The van der Waals surface area contributed by atoms with Gasteiger partial charge in [0.2, 0.25) is 0 Å². The average molecular weight is 232 g/mol. The maximum atomic E-state index is 13.5. The van der Waals surface area contributed by atoms with E-state index in [1.54, 1.807) is 0 Å². The Morgan fingerprint density at radius 1 is 1.00 bits per heavy atom. The lowest BCUT2D eigenvalue weighted by atomic mass is 9.65. The number of ether oxygens (including phenoxy) is 1. The van der Waals surface area contributed by atoms with Crippen LogP contribution >= 0.6 is 0 Å². The molecule has 0 saturated heterocycles. The first-order valence-corrected chi connectivity index (χ1v) is 6.46. The van der Waals surface area contributed by atoms with E-state index in [0.29, 0.717) is 24.7 Å². The van der Waals surface area contributed by atoms with Gasteiger partial charge in [0.15, 0.2) is 0 Å². The lowest BCUT2D eigenvalue weighted by Gasteiger charge is -2.42. The van der Waals surface area contributed by atoms with Gasteiger partial charge in [0, 0.05) is 7.11 Å². The number of alkyl halides is 2. The molecule has 0 bridgehead atoms. The van der Waals surface area contributed by atoms with Crippen LogP contribution in [0.25, 0.3) is 0 Å². The second-order valence-electron chi connectivity index (χ2n) is 5.71. The summed E-state index contributed by atoms with van der Waals surface area (Å²) in [5.41, 5.74) is 0. The second-order valence-corrected chi connectivity index (χ2v) is 5.71. The van der Waals surface area contributed by atoms with Gasteiger partial charge in [-0.15, -0.1) is 0 Å². The molecule has 3 heteroatoms. The van der Waals surface area contributed by atoms with Gasteiger partial charge < -0.3 is 4.74 Å². The normalized spacial score (nSPS) is 40.5. The lowest BCUT2D eigenvalue weighted by molar-refractivity contribution is -0.266. The van der Waals surface area contributed by atoms with Crippen molar-refractivity contribution in [1.29, 1.82) is 0 Å². The molecule has 0 spiro atoms. The van der Waals surface area contributed by atoms with Crippen LogP contribution in [0.4, 0.5) is 8.78 Å². The van der Waals surface area contributed by atoms with E-state index >= 15 is 0 Å². The van der Waals surface area contributed by atoms with Gasteiger partial charge in [0.05, 0.1) is 5.92 Å². The molecule has 0 aromatic rings. The van der Waals surface area contributed by atoms with Crippen molar-refractivity contribution < 1.29 is 13.5 Å². The third-order valence-electron chi connectivity index (χ3n) is 4.62. The van der Waals surface area contributed by atoms with Crippen LogP contribution in [0.1, 0.15) is 45.4 Å². The Balaban J connectivity index is 1.96. The summed E-state index contributed by atoms with van der Waals surface area (Å²) in [5.74, 6) is 1.47. The van der Waals surface area contributed by atoms with Gasteiger partial charge in [-0.2, -0.15) is 8.78 Å². The summed E-state index contributed by atoms with van der Waals surface area (Å²) in [6, 6.07) is 0. The number of methoxy groups -OCH3 is 1. The van der Waals surface area contributed by atoms with Crippen LogP contribution in [0.5, 0.6) is 0 Å². The Hall–Kier alpha value is -0.180. The molecule has 2 rings (SSSR count). The fraction of sp³-hybridized carbons (Fsp3) is 1.00. The number of hydrogen-bond acceptors (Lipinski definition) is 1. The summed E-state index contributed by atoms with van der Waals surface area (Å²) in [6.07, 6.45) is 2.96. The fourth-order valence-corrected chi connectivity index (χ4v) is 3.60. The van der Waals surface area contributed by atoms with Crippen molar-refractivity contribution >= 4 is 0 Å². The molecule has 0 aromatic carbocycles. The zero-order chi connectivity index (χ0) is 11.8. The van der Waals surface area contributed by atoms with E-state index in [9.17, 15) is 8.78 Å². The van der Waals surface area contributed by atoms with Crippen molar-refractivity contribution in [3.05, 3.63) is 0 Å². The van der Waals surface area contributed by atoms with Crippen LogP contribution in [0.15, 0.2) is 0 Å². The van der Waals surface area contributed by atoms with Crippen LogP contribution in [0.3, 0.4) is 0 Å². The standard InChI is InChI=1S/C13H22F2O/c1-9-3-4-11-8-12(13(14,15)16-2)6-5-10(11)7-9/h9-12H,3-8H2,1-2H3. The van der Waals surface area contributed by atoms with Crippen molar-refractivity contribution in [2.45, 2.75) is 51.6 Å². The summed E-state index contributed by atoms with van der Waals surface area (Å²) in [7, 11) is 1.12. The van der Waals surface area contributed by atoms with Crippen molar-refractivity contribution in [3.8, 4) is 0 Å². The summed E-state index contributed by atoms with van der Waals surface area (Å²) in [6.45, 7) is 2.28. The van der Waals surface area contributed by atoms with Crippen molar-refractivity contribution in [2.75, 3.05) is 7.11 Å². The van der Waals surface area contributed by atoms with Crippen molar-refractivity contribution in [2.24, 2.45) is 23.7 Å². The quantitative estimate of drug-likeness (QED) is 0.697. The predicted molar refractivity (Wildman–Crippen MR) is 59.3 cm³/mol. The van der Waals surface area contributed by atoms with Gasteiger partial charge in [0.25, 0.3) is 0 Å². The summed E-state index contributed by atoms with van der Waals surface area (Å²) < 4.78 is 31.2. The smallest absolute Gasteiger partial charge is 0.324 e. The highest BCUT2D eigenvalue weighted by atomic mass is 19.3. The highest BCUT2D eigenvalue weighted by Crippen LogP contribution is 2.48. The van der Waals surface area contributed by atoms with E-state index in [1.165, 1.54) is 12.8 Å². The number of fused-ring (bicyclic) bond motifs is 1. The maximum absolute atomic E-state index is 13.5. The van der Waals surface area contributed by atoms with Crippen LogP contribution in [0.2, 0.25) is 0 Å². The third kappa shape index (κ3) is 2.39. The Kier molecular flexibility index (Phi) is 3.53. The van der Waals surface area contributed by atoms with Crippen LogP contribution in [0, 0.1) is 23.7 Å². The molecule has 2 fully saturated rings. The molecule has 2 saturated carbocycles. The minimum Gasteiger partial charge on any atom is -0.324 e. The predicted octanol–water partition coefficient (Wildman–Crippen LogP) is 4.08. The van der Waals surface area contributed by atoms with E-state index in [2.05, 4.69) is 11.7 Å². The zero-order valence-corrected chi connectivity index (χ0v) is 10.2. The molecule has 0 radical (unpaired) electrons. The minimum atomic E-state index is -2.91. The third-order valence-corrected chi connectivity index (χ3v) is 4.62. The SMILES string of the molecule is COC(F)(F)C1CCC2CC(C)CCC2C1. The summed E-state index contributed by atoms with van der Waals surface area (Å²) >= 11 is 0. The first kappa shape index (κ1) is 12.3. The molecule has 4 unspecified atom stereocenters. The maximum Gasteiger partial charge on any atom is 0.358 e. The van der Waals surface area contributed by atoms with E-state index in [-0.39, 0.29) is 0 Å². The molecule has 0 heterocycles. The largest absolute Gasteiger partial charge is 0.358 e. The topological polar surface area (TPSA) is 9.23 Å². The van der Waals surface area contributed by atoms with Gasteiger partial charge in [-0.25, -0.2) is 0 Å². The minimum absolute atomic E-state index is 0.524. The van der Waals surface area contributed by atoms with Crippen LogP contribution in [-0.2, 0) is 4.74 Å². The van der Waals surface area contributed by atoms with E-state index in [4.69, 9.17) is 0 Å². The summed E-state index contributed by atoms with van der Waals surface area (Å²) in [5, 5.41) is 0. The molecule has 4 atom stereocenters. The molecule has 2 aliphatic rings. The molecular weight excluding hydrogens is 210 g/mol. The number of rotatable bonds is 2. The van der Waals surface area contributed by atoms with E-state index in [1.807, 2.05) is 0 Å². The molecule has 2 aliphatic carbocycles. The number of hydrogen-bond donors (Lipinski definition) is 0. The van der Waals surface area contributed by atoms with Gasteiger partial charge in [0.1, 0.15) is 0 Å². The van der Waals surface area contributed by atoms with Crippen molar-refractivity contribution in [1.82, 2.24) is 0 Å². The monoisotopic (exact) mass is 232 g/mol. The first-order valence-electron chi connectivity index (χ1n) is 6.46. The zero-order valence-electron chi connectivity index (χ0n) is 10.2. The fourth-order valence-electron chi connectivity index (χ4n) is 3.60. The lowest BCUT2D eigenvalue weighted by Crippen LogP contribution is -2.39. The molecule has 0 N–H and O–H groups in total. The van der Waals surface area contributed by atoms with Crippen LogP contribution in [-0.4, -0.2) is 13.2 Å². The average Bonchev–Trinajstić information content (AvgIpc) is 2.28. The molecule has 94 valence electrons. The molecule has 16 heavy (non-hydrogen) atoms. The molecular formula is C13H22F2O. The van der Waals surface area contributed by atoms with Gasteiger partial charge in [-0.3, -0.25) is 0 Å². The summed E-state index contributed by atoms with van der Waals surface area (Å²) in [4.78, 5) is 0. The Morgan fingerprint density at radius 2 is 1.62 bits per heavy atom. The number of halogens is 2. The Morgan fingerprint density at radius 3 is 2.31 bits per heavy atom. The molecule has 0 amide bonds. The van der Waals surface area contributed by atoms with Gasteiger partial charge in [-0.05, 0) is 49.9 Å². The van der Waals surface area contributed by atoms with E-state index in [0.717, 1.165) is 25.9 Å². The Labute approximate surface area is 96.6 Å². The Bertz CT molecular complexity index is 242. The van der Waals surface area contributed by atoms with E-state index < -0.39 is 12.0 Å². The van der Waals surface area contributed by atoms with Gasteiger partial charge >= 0.3 is 6.11 Å². The molecule has 0 aromatic heterocycles.